The quantitative estimate of drug-likeness (QED) is 0.455. The van der Waals surface area contributed by atoms with Gasteiger partial charge in [0.25, 0.3) is 0 Å². The van der Waals surface area contributed by atoms with Crippen molar-refractivity contribution in [3.63, 3.8) is 0 Å². The van der Waals surface area contributed by atoms with E-state index in [4.69, 9.17) is 18.6 Å². The summed E-state index contributed by atoms with van der Waals surface area (Å²) in [5.74, 6) is -0.131. The molecule has 4 rings (SSSR count). The third-order valence-electron chi connectivity index (χ3n) is 4.58. The lowest BCUT2D eigenvalue weighted by atomic mass is 10.2. The van der Waals surface area contributed by atoms with Gasteiger partial charge in [-0.05, 0) is 49.2 Å². The fraction of sp³-hybridized carbons (Fsp3) is 0.273. The highest BCUT2D eigenvalue weighted by atomic mass is 16.5. The fourth-order valence-corrected chi connectivity index (χ4v) is 3.06. The van der Waals surface area contributed by atoms with Gasteiger partial charge >= 0.3 is 5.97 Å². The van der Waals surface area contributed by atoms with E-state index in [0.717, 1.165) is 24.8 Å². The largest absolute Gasteiger partial charge is 0.491 e. The zero-order chi connectivity index (χ0) is 19.3. The highest BCUT2D eigenvalue weighted by Crippen LogP contribution is 2.20. The molecule has 0 spiro atoms. The molecule has 6 heteroatoms. The molecule has 1 atom stereocenters. The van der Waals surface area contributed by atoms with Crippen LogP contribution in [0.15, 0.2) is 59.0 Å². The lowest BCUT2D eigenvalue weighted by Crippen LogP contribution is -2.16. The zero-order valence-corrected chi connectivity index (χ0v) is 15.3. The molecule has 28 heavy (non-hydrogen) atoms. The lowest BCUT2D eigenvalue weighted by Gasteiger charge is -2.11. The Morgan fingerprint density at radius 2 is 1.89 bits per heavy atom. The molecule has 1 saturated heterocycles. The topological polar surface area (TPSA) is 75.0 Å². The number of rotatable bonds is 7. The summed E-state index contributed by atoms with van der Waals surface area (Å²) >= 11 is 0. The van der Waals surface area contributed by atoms with Crippen LogP contribution < -0.4 is 4.74 Å². The Balaban J connectivity index is 1.29. The second kappa shape index (κ2) is 8.27. The number of furan rings is 1. The highest BCUT2D eigenvalue weighted by Gasteiger charge is 2.17. The normalized spacial score (nSPS) is 16.2. The second-order valence-electron chi connectivity index (χ2n) is 6.62. The number of esters is 1. The number of fused-ring (bicyclic) bond motifs is 1. The minimum absolute atomic E-state index is 0.133. The van der Waals surface area contributed by atoms with Gasteiger partial charge in [0.1, 0.15) is 17.9 Å². The number of carbonyl (C=O) groups is 2. The van der Waals surface area contributed by atoms with E-state index in [-0.39, 0.29) is 24.3 Å². The summed E-state index contributed by atoms with van der Waals surface area (Å²) in [6, 6.07) is 15.6. The zero-order valence-electron chi connectivity index (χ0n) is 15.3. The molecule has 1 aliphatic heterocycles. The second-order valence-corrected chi connectivity index (χ2v) is 6.62. The van der Waals surface area contributed by atoms with Crippen molar-refractivity contribution in [2.24, 2.45) is 0 Å². The minimum atomic E-state index is -0.574. The van der Waals surface area contributed by atoms with E-state index in [9.17, 15) is 9.59 Å². The number of carbonyl (C=O) groups excluding carboxylic acids is 2. The first kappa shape index (κ1) is 18.3. The number of para-hydroxylation sites is 1. The van der Waals surface area contributed by atoms with Gasteiger partial charge in [-0.15, -0.1) is 0 Å². The summed E-state index contributed by atoms with van der Waals surface area (Å²) in [6.07, 6.45) is 2.20. The molecule has 1 aromatic heterocycles. The number of Topliss-reactive ketones (excluding diaryl/α,β-unsaturated/α-hetero) is 1. The molecule has 3 aromatic rings. The van der Waals surface area contributed by atoms with Gasteiger partial charge in [0, 0.05) is 12.0 Å². The van der Waals surface area contributed by atoms with E-state index in [1.807, 2.05) is 18.2 Å². The minimum Gasteiger partial charge on any atom is -0.491 e. The van der Waals surface area contributed by atoms with Crippen molar-refractivity contribution in [1.29, 1.82) is 0 Å². The van der Waals surface area contributed by atoms with Crippen molar-refractivity contribution < 1.29 is 28.2 Å². The number of hydrogen-bond acceptors (Lipinski definition) is 6. The monoisotopic (exact) mass is 380 g/mol. The predicted octanol–water partition coefficient (Wildman–Crippen LogP) is 4.03. The van der Waals surface area contributed by atoms with Crippen molar-refractivity contribution in [3.05, 3.63) is 65.9 Å². The van der Waals surface area contributed by atoms with Gasteiger partial charge < -0.3 is 18.6 Å². The first-order valence-corrected chi connectivity index (χ1v) is 9.22. The highest BCUT2D eigenvalue weighted by molar-refractivity contribution is 6.00. The van der Waals surface area contributed by atoms with E-state index in [0.29, 0.717) is 23.5 Å². The van der Waals surface area contributed by atoms with Crippen LogP contribution in [0.5, 0.6) is 5.75 Å². The first-order chi connectivity index (χ1) is 13.7. The van der Waals surface area contributed by atoms with Crippen molar-refractivity contribution in [2.75, 3.05) is 19.8 Å². The van der Waals surface area contributed by atoms with Gasteiger partial charge in [0.05, 0.1) is 11.7 Å². The summed E-state index contributed by atoms with van der Waals surface area (Å²) in [6.45, 7) is 0.900. The van der Waals surface area contributed by atoms with Crippen LogP contribution in [0.25, 0.3) is 11.0 Å². The Kier molecular flexibility index (Phi) is 5.39. The maximum absolute atomic E-state index is 12.2. The summed E-state index contributed by atoms with van der Waals surface area (Å²) in [7, 11) is 0. The first-order valence-electron chi connectivity index (χ1n) is 9.22. The summed E-state index contributed by atoms with van der Waals surface area (Å²) in [5.41, 5.74) is 0.970. The third kappa shape index (κ3) is 4.23. The molecule has 0 radical (unpaired) electrons. The summed E-state index contributed by atoms with van der Waals surface area (Å²) in [5, 5.41) is 0.829. The summed E-state index contributed by atoms with van der Waals surface area (Å²) in [4.78, 5) is 24.4. The molecule has 0 unspecified atom stereocenters. The van der Waals surface area contributed by atoms with E-state index in [2.05, 4.69) is 0 Å². The standard InChI is InChI=1S/C22H20O6/c23-19(21-12-16-4-1-2-6-20(16)28-21)14-27-22(24)15-7-9-17(10-8-15)26-13-18-5-3-11-25-18/h1-2,4,6-10,12,18H,3,5,11,13-14H2/t18-/m0/s1. The summed E-state index contributed by atoms with van der Waals surface area (Å²) < 4.78 is 21.8. The molecule has 0 saturated carbocycles. The maximum atomic E-state index is 12.2. The van der Waals surface area contributed by atoms with Crippen LogP contribution in [0.1, 0.15) is 33.8 Å². The van der Waals surface area contributed by atoms with Gasteiger partial charge in [-0.3, -0.25) is 4.79 Å². The smallest absolute Gasteiger partial charge is 0.338 e. The van der Waals surface area contributed by atoms with Crippen LogP contribution in [-0.2, 0) is 9.47 Å². The van der Waals surface area contributed by atoms with Gasteiger partial charge in [-0.25, -0.2) is 4.79 Å². The lowest BCUT2D eigenvalue weighted by molar-refractivity contribution is 0.0468. The van der Waals surface area contributed by atoms with Crippen LogP contribution in [0.4, 0.5) is 0 Å². The van der Waals surface area contributed by atoms with E-state index >= 15 is 0 Å². The van der Waals surface area contributed by atoms with Gasteiger partial charge in [-0.2, -0.15) is 0 Å². The Hall–Kier alpha value is -3.12. The molecular weight excluding hydrogens is 360 g/mol. The van der Waals surface area contributed by atoms with Crippen molar-refractivity contribution >= 4 is 22.7 Å². The average Bonchev–Trinajstić information content (AvgIpc) is 3.40. The number of benzene rings is 2. The predicted molar refractivity (Wildman–Crippen MR) is 102 cm³/mol. The molecule has 0 amide bonds. The molecule has 1 fully saturated rings. The molecule has 144 valence electrons. The number of hydrogen-bond donors (Lipinski definition) is 0. The Morgan fingerprint density at radius 1 is 1.07 bits per heavy atom. The van der Waals surface area contributed by atoms with Crippen molar-refractivity contribution in [2.45, 2.75) is 18.9 Å². The van der Waals surface area contributed by atoms with Crippen molar-refractivity contribution in [1.82, 2.24) is 0 Å². The van der Waals surface area contributed by atoms with Crippen LogP contribution in [0.2, 0.25) is 0 Å². The Bertz CT molecular complexity index is 933. The van der Waals surface area contributed by atoms with Crippen LogP contribution in [0.3, 0.4) is 0 Å². The van der Waals surface area contributed by atoms with Crippen LogP contribution in [-0.4, -0.2) is 37.7 Å². The fourth-order valence-electron chi connectivity index (χ4n) is 3.06. The Morgan fingerprint density at radius 3 is 2.64 bits per heavy atom. The molecule has 0 N–H and O–H groups in total. The molecular formula is C22H20O6. The third-order valence-corrected chi connectivity index (χ3v) is 4.58. The van der Waals surface area contributed by atoms with Gasteiger partial charge in [-0.1, -0.05) is 18.2 Å². The van der Waals surface area contributed by atoms with Gasteiger partial charge in [0.2, 0.25) is 5.78 Å². The van der Waals surface area contributed by atoms with Crippen LogP contribution >= 0.6 is 0 Å². The molecule has 0 bridgehead atoms. The molecule has 1 aliphatic rings. The van der Waals surface area contributed by atoms with E-state index < -0.39 is 5.97 Å². The molecule has 2 aromatic carbocycles. The maximum Gasteiger partial charge on any atom is 0.338 e. The molecule has 6 nitrogen and oxygen atoms in total. The molecule has 0 aliphatic carbocycles. The van der Waals surface area contributed by atoms with Gasteiger partial charge in [0.15, 0.2) is 12.4 Å². The number of ketones is 1. The average molecular weight is 380 g/mol. The van der Waals surface area contributed by atoms with Crippen molar-refractivity contribution in [3.8, 4) is 5.75 Å². The van der Waals surface area contributed by atoms with Crippen LogP contribution in [0, 0.1) is 0 Å². The number of ether oxygens (including phenoxy) is 3. The van der Waals surface area contributed by atoms with E-state index in [1.165, 1.54) is 0 Å². The van der Waals surface area contributed by atoms with E-state index in [1.54, 1.807) is 36.4 Å². The Labute approximate surface area is 162 Å². The molecule has 2 heterocycles. The SMILES string of the molecule is O=C(OCC(=O)c1cc2ccccc2o1)c1ccc(OC[C@@H]2CCCO2)cc1.